The molecule has 0 unspecified atom stereocenters. The number of ether oxygens (including phenoxy) is 3. The number of hydrogen-bond acceptors (Lipinski definition) is 6. The Bertz CT molecular complexity index is 1200. The highest BCUT2D eigenvalue weighted by Crippen LogP contribution is 2.32. The number of carbonyl (C=O) groups is 2. The molecule has 0 fully saturated rings. The number of hydrogen-bond donors (Lipinski definition) is 1. The van der Waals surface area contributed by atoms with E-state index in [9.17, 15) is 9.59 Å². The molecule has 164 valence electrons. The van der Waals surface area contributed by atoms with Crippen LogP contribution in [0.3, 0.4) is 0 Å². The van der Waals surface area contributed by atoms with Gasteiger partial charge in [-0.2, -0.15) is 5.10 Å². The third kappa shape index (κ3) is 4.20. The van der Waals surface area contributed by atoms with Crippen LogP contribution in [0.25, 0.3) is 5.69 Å². The molecule has 0 bridgehead atoms. The summed E-state index contributed by atoms with van der Waals surface area (Å²) in [5.74, 6) is 0.473. The van der Waals surface area contributed by atoms with Crippen LogP contribution in [-0.4, -0.2) is 36.1 Å². The zero-order valence-electron chi connectivity index (χ0n) is 18.0. The Kier molecular flexibility index (Phi) is 5.93. The van der Waals surface area contributed by atoms with Gasteiger partial charge in [0.05, 0.1) is 18.4 Å². The van der Waals surface area contributed by atoms with Gasteiger partial charge in [-0.1, -0.05) is 0 Å². The van der Waals surface area contributed by atoms with E-state index in [0.29, 0.717) is 29.2 Å². The second-order valence-electron chi connectivity index (χ2n) is 7.20. The van der Waals surface area contributed by atoms with E-state index in [2.05, 4.69) is 15.1 Å². The molecule has 32 heavy (non-hydrogen) atoms. The number of benzene rings is 2. The summed E-state index contributed by atoms with van der Waals surface area (Å²) in [6, 6.07) is 14.2. The quantitative estimate of drug-likeness (QED) is 0.363. The van der Waals surface area contributed by atoms with Gasteiger partial charge in [-0.15, -0.1) is 0 Å². The van der Waals surface area contributed by atoms with Crippen LogP contribution in [0, 0.1) is 13.8 Å². The zero-order valence-corrected chi connectivity index (χ0v) is 18.0. The average molecular weight is 433 g/mol. The van der Waals surface area contributed by atoms with E-state index in [4.69, 9.17) is 14.2 Å². The summed E-state index contributed by atoms with van der Waals surface area (Å²) in [6.45, 7) is 6.21. The summed E-state index contributed by atoms with van der Waals surface area (Å²) < 4.78 is 17.6. The summed E-state index contributed by atoms with van der Waals surface area (Å²) >= 11 is 0. The number of fused-ring (bicyclic) bond motifs is 1. The highest BCUT2D eigenvalue weighted by atomic mass is 16.7. The Hall–Kier alpha value is -4.07. The average Bonchev–Trinajstić information content (AvgIpc) is 3.37. The van der Waals surface area contributed by atoms with E-state index in [1.54, 1.807) is 43.5 Å². The lowest BCUT2D eigenvalue weighted by molar-refractivity contribution is 0.0526. The van der Waals surface area contributed by atoms with Crippen LogP contribution in [-0.2, 0) is 4.74 Å². The van der Waals surface area contributed by atoms with E-state index < -0.39 is 0 Å². The summed E-state index contributed by atoms with van der Waals surface area (Å²) in [4.78, 5) is 24.3. The van der Waals surface area contributed by atoms with Crippen molar-refractivity contribution in [2.45, 2.75) is 20.8 Å². The Morgan fingerprint density at radius 3 is 2.53 bits per heavy atom. The Morgan fingerprint density at radius 1 is 1.06 bits per heavy atom. The molecule has 1 aliphatic rings. The standard InChI is InChI=1S/C24H23N3O5/c1-4-30-24(29)17-5-8-20(9-6-17)27-15(2)11-19(16(27)3)13-25-26-23(28)18-7-10-21-22(12-18)32-14-31-21/h5-13H,4,14H2,1-3H3,(H,26,28)/b25-13+. The van der Waals surface area contributed by atoms with Crippen molar-refractivity contribution in [3.8, 4) is 17.2 Å². The number of hydrazone groups is 1. The third-order valence-electron chi connectivity index (χ3n) is 5.11. The van der Waals surface area contributed by atoms with Crippen molar-refractivity contribution in [1.29, 1.82) is 0 Å². The molecule has 0 atom stereocenters. The molecule has 0 aliphatic carbocycles. The van der Waals surface area contributed by atoms with Gasteiger partial charge in [-0.3, -0.25) is 4.79 Å². The van der Waals surface area contributed by atoms with Crippen molar-refractivity contribution in [1.82, 2.24) is 9.99 Å². The third-order valence-corrected chi connectivity index (χ3v) is 5.11. The van der Waals surface area contributed by atoms with Crippen molar-refractivity contribution >= 4 is 18.1 Å². The van der Waals surface area contributed by atoms with Gasteiger partial charge in [0.1, 0.15) is 0 Å². The number of aromatic nitrogens is 1. The minimum Gasteiger partial charge on any atom is -0.462 e. The van der Waals surface area contributed by atoms with Crippen LogP contribution < -0.4 is 14.9 Å². The van der Waals surface area contributed by atoms with E-state index in [-0.39, 0.29) is 18.7 Å². The van der Waals surface area contributed by atoms with Crippen molar-refractivity contribution in [2.24, 2.45) is 5.10 Å². The second-order valence-corrected chi connectivity index (χ2v) is 7.20. The van der Waals surface area contributed by atoms with E-state index in [0.717, 1.165) is 22.6 Å². The van der Waals surface area contributed by atoms with E-state index in [1.165, 1.54) is 0 Å². The largest absolute Gasteiger partial charge is 0.462 e. The van der Waals surface area contributed by atoms with Crippen LogP contribution in [0.5, 0.6) is 11.5 Å². The Balaban J connectivity index is 1.47. The fraction of sp³-hybridized carbons (Fsp3) is 0.208. The van der Waals surface area contributed by atoms with Crippen molar-refractivity contribution < 1.29 is 23.8 Å². The second kappa shape index (κ2) is 8.97. The zero-order chi connectivity index (χ0) is 22.7. The summed E-state index contributed by atoms with van der Waals surface area (Å²) in [5.41, 5.74) is 7.20. The fourth-order valence-corrected chi connectivity index (χ4v) is 3.54. The van der Waals surface area contributed by atoms with E-state index in [1.807, 2.05) is 32.0 Å². The fourth-order valence-electron chi connectivity index (χ4n) is 3.54. The van der Waals surface area contributed by atoms with Gasteiger partial charge < -0.3 is 18.8 Å². The van der Waals surface area contributed by atoms with Crippen LogP contribution in [0.15, 0.2) is 53.6 Å². The van der Waals surface area contributed by atoms with Crippen LogP contribution in [0.1, 0.15) is 44.6 Å². The molecular formula is C24H23N3O5. The van der Waals surface area contributed by atoms with Gasteiger partial charge in [0.15, 0.2) is 11.5 Å². The number of carbonyl (C=O) groups excluding carboxylic acids is 2. The monoisotopic (exact) mass is 433 g/mol. The van der Waals surface area contributed by atoms with Gasteiger partial charge >= 0.3 is 5.97 Å². The number of aryl methyl sites for hydroxylation is 1. The summed E-state index contributed by atoms with van der Waals surface area (Å²) in [6.07, 6.45) is 1.61. The van der Waals surface area contributed by atoms with Gasteiger partial charge in [0.2, 0.25) is 6.79 Å². The number of rotatable bonds is 6. The SMILES string of the molecule is CCOC(=O)c1ccc(-n2c(C)cc(/C=N/NC(=O)c3ccc4c(c3)OCO4)c2C)cc1. The molecule has 8 nitrogen and oxygen atoms in total. The lowest BCUT2D eigenvalue weighted by Gasteiger charge is -2.10. The molecule has 1 aromatic heterocycles. The molecule has 0 saturated heterocycles. The molecule has 1 amide bonds. The first-order valence-corrected chi connectivity index (χ1v) is 10.2. The molecule has 0 spiro atoms. The first kappa shape index (κ1) is 21.2. The molecule has 0 saturated carbocycles. The molecule has 1 aliphatic heterocycles. The van der Waals surface area contributed by atoms with Gasteiger partial charge in [0, 0.05) is 28.2 Å². The lowest BCUT2D eigenvalue weighted by Crippen LogP contribution is -2.17. The highest BCUT2D eigenvalue weighted by molar-refractivity contribution is 5.95. The van der Waals surface area contributed by atoms with Crippen molar-refractivity contribution in [3.63, 3.8) is 0 Å². The van der Waals surface area contributed by atoms with Crippen LogP contribution in [0.2, 0.25) is 0 Å². The smallest absolute Gasteiger partial charge is 0.338 e. The predicted octanol–water partition coefficient (Wildman–Crippen LogP) is 3.76. The molecule has 0 radical (unpaired) electrons. The van der Waals surface area contributed by atoms with Gasteiger partial charge in [-0.05, 0) is 69.3 Å². The summed E-state index contributed by atoms with van der Waals surface area (Å²) in [5, 5.41) is 4.11. The topological polar surface area (TPSA) is 91.2 Å². The van der Waals surface area contributed by atoms with Crippen LogP contribution in [0.4, 0.5) is 0 Å². The summed E-state index contributed by atoms with van der Waals surface area (Å²) in [7, 11) is 0. The van der Waals surface area contributed by atoms with Crippen LogP contribution >= 0.6 is 0 Å². The lowest BCUT2D eigenvalue weighted by atomic mass is 10.2. The number of nitrogens with one attached hydrogen (secondary N) is 1. The first-order chi connectivity index (χ1) is 15.5. The molecule has 2 aromatic carbocycles. The van der Waals surface area contributed by atoms with Crippen molar-refractivity contribution in [2.75, 3.05) is 13.4 Å². The van der Waals surface area contributed by atoms with Gasteiger partial charge in [-0.25, -0.2) is 10.2 Å². The predicted molar refractivity (Wildman–Crippen MR) is 119 cm³/mol. The maximum Gasteiger partial charge on any atom is 0.338 e. The molecular weight excluding hydrogens is 410 g/mol. The molecule has 2 heterocycles. The van der Waals surface area contributed by atoms with E-state index >= 15 is 0 Å². The Morgan fingerprint density at radius 2 is 1.78 bits per heavy atom. The van der Waals surface area contributed by atoms with Crippen molar-refractivity contribution in [3.05, 3.63) is 76.6 Å². The minimum absolute atomic E-state index is 0.153. The molecule has 8 heteroatoms. The Labute approximate surface area is 185 Å². The molecule has 3 aromatic rings. The van der Waals surface area contributed by atoms with Gasteiger partial charge in [0.25, 0.3) is 5.91 Å². The maximum atomic E-state index is 12.4. The molecule has 4 rings (SSSR count). The molecule has 1 N–H and O–H groups in total. The number of amides is 1. The number of esters is 1. The minimum atomic E-state index is -0.345. The highest BCUT2D eigenvalue weighted by Gasteiger charge is 2.16. The normalized spacial score (nSPS) is 12.2. The number of nitrogens with zero attached hydrogens (tertiary/aromatic N) is 2. The maximum absolute atomic E-state index is 12.4. The first-order valence-electron chi connectivity index (χ1n) is 10.2.